The third-order valence-electron chi connectivity index (χ3n) is 6.23. The normalized spacial score (nSPS) is 20.0. The first-order chi connectivity index (χ1) is 13.4. The van der Waals surface area contributed by atoms with Crippen LogP contribution in [0.1, 0.15) is 65.4 Å². The Morgan fingerprint density at radius 1 is 1.18 bits per heavy atom. The lowest BCUT2D eigenvalue weighted by atomic mass is 9.85. The van der Waals surface area contributed by atoms with Gasteiger partial charge in [0.25, 0.3) is 0 Å². The molecule has 1 aromatic rings. The molecule has 0 radical (unpaired) electrons. The van der Waals surface area contributed by atoms with E-state index in [2.05, 4.69) is 29.8 Å². The molecule has 2 saturated heterocycles. The highest BCUT2D eigenvalue weighted by Gasteiger charge is 2.36. The lowest BCUT2D eigenvalue weighted by Gasteiger charge is -2.40. The third kappa shape index (κ3) is 5.94. The Hall–Kier alpha value is -1.62. The van der Waals surface area contributed by atoms with Crippen molar-refractivity contribution in [2.24, 2.45) is 11.8 Å². The molecule has 0 aliphatic carbocycles. The van der Waals surface area contributed by atoms with E-state index >= 15 is 0 Å². The smallest absolute Gasteiger partial charge is 0.225 e. The zero-order valence-corrected chi connectivity index (χ0v) is 18.4. The van der Waals surface area contributed by atoms with Gasteiger partial charge in [0.15, 0.2) is 0 Å². The van der Waals surface area contributed by atoms with Crippen LogP contribution >= 0.6 is 0 Å². The number of likely N-dealkylation sites (tertiary alicyclic amines) is 1. The Morgan fingerprint density at radius 3 is 2.29 bits per heavy atom. The number of piperidine rings is 2. The molecule has 1 amide bonds. The largest absolute Gasteiger partial charge is 0.389 e. The molecule has 0 saturated carbocycles. The molecular formula is C23H39N3O2. The minimum absolute atomic E-state index is 0.122. The number of amides is 1. The number of nitrogens with zero attached hydrogens (tertiary/aromatic N) is 3. The summed E-state index contributed by atoms with van der Waals surface area (Å²) >= 11 is 0. The number of pyridine rings is 1. The summed E-state index contributed by atoms with van der Waals surface area (Å²) in [5, 5.41) is 10.9. The van der Waals surface area contributed by atoms with E-state index < -0.39 is 5.60 Å². The zero-order valence-electron chi connectivity index (χ0n) is 18.4. The van der Waals surface area contributed by atoms with Gasteiger partial charge < -0.3 is 14.9 Å². The van der Waals surface area contributed by atoms with Crippen LogP contribution < -0.4 is 4.90 Å². The summed E-state index contributed by atoms with van der Waals surface area (Å²) in [7, 11) is 0. The topological polar surface area (TPSA) is 56.7 Å². The van der Waals surface area contributed by atoms with E-state index in [4.69, 9.17) is 0 Å². The molecule has 0 bridgehead atoms. The SMILES string of the molecule is CC.Cc1ccc(N2CCC(O)(CC(=O)N3CCC(C(C)C)CC3)CC2)nc1. The van der Waals surface area contributed by atoms with Crippen LogP contribution in [-0.2, 0) is 4.79 Å². The molecule has 3 rings (SSSR count). The molecule has 0 spiro atoms. The molecule has 2 aliphatic heterocycles. The van der Waals surface area contributed by atoms with E-state index in [1.54, 1.807) is 0 Å². The van der Waals surface area contributed by atoms with Crippen molar-refractivity contribution in [2.45, 2.75) is 72.3 Å². The first-order valence-corrected chi connectivity index (χ1v) is 11.0. The monoisotopic (exact) mass is 389 g/mol. The van der Waals surface area contributed by atoms with Crippen LogP contribution in [0.4, 0.5) is 5.82 Å². The number of aliphatic hydroxyl groups is 1. The van der Waals surface area contributed by atoms with E-state index in [9.17, 15) is 9.90 Å². The number of rotatable bonds is 4. The van der Waals surface area contributed by atoms with Crippen molar-refractivity contribution in [2.75, 3.05) is 31.1 Å². The van der Waals surface area contributed by atoms with Crippen LogP contribution in [0, 0.1) is 18.8 Å². The molecule has 2 aliphatic rings. The summed E-state index contributed by atoms with van der Waals surface area (Å²) in [5.74, 6) is 2.50. The van der Waals surface area contributed by atoms with Crippen molar-refractivity contribution >= 4 is 11.7 Å². The van der Waals surface area contributed by atoms with E-state index in [0.29, 0.717) is 18.8 Å². The summed E-state index contributed by atoms with van der Waals surface area (Å²) in [5.41, 5.74) is 0.279. The highest BCUT2D eigenvalue weighted by Crippen LogP contribution is 2.30. The zero-order chi connectivity index (χ0) is 20.7. The van der Waals surface area contributed by atoms with Crippen LogP contribution in [0.3, 0.4) is 0 Å². The Bertz CT molecular complexity index is 599. The molecule has 28 heavy (non-hydrogen) atoms. The van der Waals surface area contributed by atoms with Crippen molar-refractivity contribution < 1.29 is 9.90 Å². The fourth-order valence-corrected chi connectivity index (χ4v) is 4.18. The van der Waals surface area contributed by atoms with Crippen LogP contribution in [-0.4, -0.2) is 52.7 Å². The summed E-state index contributed by atoms with van der Waals surface area (Å²) in [4.78, 5) is 21.3. The third-order valence-corrected chi connectivity index (χ3v) is 6.23. The van der Waals surface area contributed by atoms with E-state index in [-0.39, 0.29) is 12.3 Å². The fourth-order valence-electron chi connectivity index (χ4n) is 4.18. The highest BCUT2D eigenvalue weighted by atomic mass is 16.3. The maximum atomic E-state index is 12.7. The minimum Gasteiger partial charge on any atom is -0.389 e. The minimum atomic E-state index is -0.868. The number of carbonyl (C=O) groups is 1. The van der Waals surface area contributed by atoms with Gasteiger partial charge in [-0.3, -0.25) is 4.79 Å². The summed E-state index contributed by atoms with van der Waals surface area (Å²) in [6, 6.07) is 4.09. The van der Waals surface area contributed by atoms with Gasteiger partial charge in [-0.25, -0.2) is 4.98 Å². The Balaban J connectivity index is 0.00000136. The Morgan fingerprint density at radius 2 is 1.79 bits per heavy atom. The number of aromatic nitrogens is 1. The van der Waals surface area contributed by atoms with Crippen LogP contribution in [0.5, 0.6) is 0 Å². The fraction of sp³-hybridized carbons (Fsp3) is 0.739. The molecule has 5 nitrogen and oxygen atoms in total. The summed E-state index contributed by atoms with van der Waals surface area (Å²) < 4.78 is 0. The number of hydrogen-bond acceptors (Lipinski definition) is 4. The molecule has 1 N–H and O–H groups in total. The summed E-state index contributed by atoms with van der Waals surface area (Å²) in [6.07, 6.45) is 5.56. The van der Waals surface area contributed by atoms with Gasteiger partial charge in [-0.1, -0.05) is 33.8 Å². The molecule has 0 unspecified atom stereocenters. The second-order valence-corrected chi connectivity index (χ2v) is 8.54. The highest BCUT2D eigenvalue weighted by molar-refractivity contribution is 5.77. The lowest BCUT2D eigenvalue weighted by Crippen LogP contribution is -2.49. The van der Waals surface area contributed by atoms with Crippen molar-refractivity contribution in [3.05, 3.63) is 23.9 Å². The number of carbonyl (C=O) groups excluding carboxylic acids is 1. The van der Waals surface area contributed by atoms with Crippen LogP contribution in [0.25, 0.3) is 0 Å². The van der Waals surface area contributed by atoms with Gasteiger partial charge >= 0.3 is 0 Å². The van der Waals surface area contributed by atoms with Crippen molar-refractivity contribution in [3.63, 3.8) is 0 Å². The molecule has 3 heterocycles. The molecule has 5 heteroatoms. The van der Waals surface area contributed by atoms with Gasteiger partial charge in [-0.15, -0.1) is 0 Å². The maximum absolute atomic E-state index is 12.7. The van der Waals surface area contributed by atoms with Crippen molar-refractivity contribution in [3.8, 4) is 0 Å². The average Bonchev–Trinajstić information content (AvgIpc) is 2.71. The molecular weight excluding hydrogens is 350 g/mol. The van der Waals surface area contributed by atoms with Gasteiger partial charge in [0.2, 0.25) is 5.91 Å². The van der Waals surface area contributed by atoms with E-state index in [1.807, 2.05) is 37.9 Å². The van der Waals surface area contributed by atoms with E-state index in [1.165, 1.54) is 0 Å². The number of hydrogen-bond donors (Lipinski definition) is 1. The maximum Gasteiger partial charge on any atom is 0.225 e. The number of anilines is 1. The first kappa shape index (κ1) is 22.7. The molecule has 158 valence electrons. The van der Waals surface area contributed by atoms with Crippen LogP contribution in [0.15, 0.2) is 18.3 Å². The van der Waals surface area contributed by atoms with Gasteiger partial charge in [-0.2, -0.15) is 0 Å². The second kappa shape index (κ2) is 10.2. The van der Waals surface area contributed by atoms with Crippen molar-refractivity contribution in [1.82, 2.24) is 9.88 Å². The first-order valence-electron chi connectivity index (χ1n) is 11.0. The van der Waals surface area contributed by atoms with Gasteiger partial charge in [0.05, 0.1) is 12.0 Å². The Kier molecular flexibility index (Phi) is 8.29. The number of aryl methyl sites for hydroxylation is 1. The molecule has 2 fully saturated rings. The van der Waals surface area contributed by atoms with Gasteiger partial charge in [0.1, 0.15) is 5.82 Å². The quantitative estimate of drug-likeness (QED) is 0.845. The van der Waals surface area contributed by atoms with Crippen LogP contribution in [0.2, 0.25) is 0 Å². The average molecular weight is 390 g/mol. The lowest BCUT2D eigenvalue weighted by molar-refractivity contribution is -0.138. The standard InChI is InChI=1S/C21H33N3O2.C2H6/c1-16(2)18-6-10-24(11-7-18)20(25)14-21(26)8-12-23(13-9-21)19-5-4-17(3)15-22-19;1-2/h4-5,15-16,18,26H,6-14H2,1-3H3;1-2H3. The Labute approximate surface area is 171 Å². The van der Waals surface area contributed by atoms with Gasteiger partial charge in [-0.05, 0) is 56.1 Å². The second-order valence-electron chi connectivity index (χ2n) is 8.54. The van der Waals surface area contributed by atoms with E-state index in [0.717, 1.165) is 56.3 Å². The van der Waals surface area contributed by atoms with Crippen molar-refractivity contribution in [1.29, 1.82) is 0 Å². The van der Waals surface area contributed by atoms with Gasteiger partial charge in [0, 0.05) is 32.4 Å². The molecule has 0 aromatic carbocycles. The predicted octanol–water partition coefficient (Wildman–Crippen LogP) is 4.03. The molecule has 1 aromatic heterocycles. The molecule has 0 atom stereocenters. The summed E-state index contributed by atoms with van der Waals surface area (Å²) in [6.45, 7) is 13.7. The predicted molar refractivity (Wildman–Crippen MR) is 115 cm³/mol.